The quantitative estimate of drug-likeness (QED) is 0.893. The molecule has 0 bridgehead atoms. The number of amides is 1. The molecule has 0 aromatic heterocycles. The van der Waals surface area contributed by atoms with Gasteiger partial charge < -0.3 is 10.6 Å². The number of piperidine rings is 1. The first-order chi connectivity index (χ1) is 9.98. The van der Waals surface area contributed by atoms with Crippen molar-refractivity contribution in [2.45, 2.75) is 53.0 Å². The highest BCUT2D eigenvalue weighted by Crippen LogP contribution is 2.33. The molecule has 2 rings (SSSR count). The summed E-state index contributed by atoms with van der Waals surface area (Å²) in [7, 11) is 0. The van der Waals surface area contributed by atoms with Crippen molar-refractivity contribution in [3.63, 3.8) is 0 Å². The van der Waals surface area contributed by atoms with Gasteiger partial charge in [0.2, 0.25) is 5.91 Å². The lowest BCUT2D eigenvalue weighted by Gasteiger charge is -2.36. The van der Waals surface area contributed by atoms with E-state index in [9.17, 15) is 4.79 Å². The van der Waals surface area contributed by atoms with E-state index in [0.29, 0.717) is 0 Å². The van der Waals surface area contributed by atoms with E-state index < -0.39 is 0 Å². The summed E-state index contributed by atoms with van der Waals surface area (Å²) in [6, 6.07) is 6.50. The highest BCUT2D eigenvalue weighted by Gasteiger charge is 2.38. The molecule has 116 valence electrons. The van der Waals surface area contributed by atoms with Gasteiger partial charge in [0.15, 0.2) is 0 Å². The molecule has 3 heteroatoms. The van der Waals surface area contributed by atoms with Crippen LogP contribution in [0.5, 0.6) is 0 Å². The van der Waals surface area contributed by atoms with Crippen molar-refractivity contribution in [1.29, 1.82) is 0 Å². The fourth-order valence-electron chi connectivity index (χ4n) is 3.30. The molecule has 1 fully saturated rings. The molecule has 1 atom stereocenters. The molecule has 1 aliphatic rings. The summed E-state index contributed by atoms with van der Waals surface area (Å²) in [5.41, 5.74) is 3.52. The van der Waals surface area contributed by atoms with Crippen LogP contribution in [-0.2, 0) is 4.79 Å². The maximum atomic E-state index is 12.8. The highest BCUT2D eigenvalue weighted by atomic mass is 16.2. The fraction of sp³-hybridized carbons (Fsp3) is 0.611. The van der Waals surface area contributed by atoms with Crippen LogP contribution in [0, 0.1) is 19.3 Å². The van der Waals surface area contributed by atoms with Crippen LogP contribution in [0.3, 0.4) is 0 Å². The van der Waals surface area contributed by atoms with E-state index in [0.717, 1.165) is 32.4 Å². The van der Waals surface area contributed by atoms with Gasteiger partial charge in [0.1, 0.15) is 0 Å². The molecule has 1 aromatic rings. The zero-order valence-electron chi connectivity index (χ0n) is 13.8. The maximum Gasteiger partial charge on any atom is 0.226 e. The van der Waals surface area contributed by atoms with Crippen LogP contribution < -0.4 is 10.6 Å². The van der Waals surface area contributed by atoms with Gasteiger partial charge in [-0.2, -0.15) is 0 Å². The second-order valence-corrected chi connectivity index (χ2v) is 6.44. The SMILES string of the molecule is CCC1(C(=O)NC(C)c2cc(C)ccc2C)CCNCC1. The zero-order chi connectivity index (χ0) is 15.5. The molecule has 1 unspecified atom stereocenters. The number of hydrogen-bond donors (Lipinski definition) is 2. The van der Waals surface area contributed by atoms with E-state index >= 15 is 0 Å². The minimum Gasteiger partial charge on any atom is -0.349 e. The molecule has 1 heterocycles. The van der Waals surface area contributed by atoms with Crippen molar-refractivity contribution in [3.8, 4) is 0 Å². The topological polar surface area (TPSA) is 41.1 Å². The molecule has 0 aliphatic carbocycles. The Kier molecular flexibility index (Phi) is 5.04. The van der Waals surface area contributed by atoms with Gasteiger partial charge in [0.05, 0.1) is 11.5 Å². The minimum absolute atomic E-state index is 0.0655. The third kappa shape index (κ3) is 3.46. The van der Waals surface area contributed by atoms with Crippen molar-refractivity contribution in [2.75, 3.05) is 13.1 Å². The van der Waals surface area contributed by atoms with Crippen LogP contribution in [-0.4, -0.2) is 19.0 Å². The number of aryl methyl sites for hydroxylation is 2. The molecule has 2 N–H and O–H groups in total. The first-order valence-electron chi connectivity index (χ1n) is 8.07. The number of carbonyl (C=O) groups excluding carboxylic acids is 1. The predicted octanol–water partition coefficient (Wildman–Crippen LogP) is 3.26. The second-order valence-electron chi connectivity index (χ2n) is 6.44. The highest BCUT2D eigenvalue weighted by molar-refractivity contribution is 5.83. The average Bonchev–Trinajstić information content (AvgIpc) is 2.50. The summed E-state index contributed by atoms with van der Waals surface area (Å²) < 4.78 is 0. The van der Waals surface area contributed by atoms with Gasteiger partial charge in [-0.15, -0.1) is 0 Å². The summed E-state index contributed by atoms with van der Waals surface area (Å²) in [5.74, 6) is 0.222. The Hall–Kier alpha value is -1.35. The summed E-state index contributed by atoms with van der Waals surface area (Å²) in [5, 5.41) is 6.61. The fourth-order valence-corrected chi connectivity index (χ4v) is 3.30. The van der Waals surface area contributed by atoms with E-state index in [1.165, 1.54) is 16.7 Å². The van der Waals surface area contributed by atoms with Gasteiger partial charge in [-0.1, -0.05) is 30.7 Å². The molecule has 1 aliphatic heterocycles. The van der Waals surface area contributed by atoms with Crippen LogP contribution in [0.2, 0.25) is 0 Å². The monoisotopic (exact) mass is 288 g/mol. The van der Waals surface area contributed by atoms with E-state index in [2.05, 4.69) is 56.5 Å². The van der Waals surface area contributed by atoms with Gasteiger partial charge >= 0.3 is 0 Å². The van der Waals surface area contributed by atoms with E-state index in [1.54, 1.807) is 0 Å². The number of hydrogen-bond acceptors (Lipinski definition) is 2. The third-order valence-corrected chi connectivity index (χ3v) is 4.97. The van der Waals surface area contributed by atoms with Crippen LogP contribution in [0.15, 0.2) is 18.2 Å². The van der Waals surface area contributed by atoms with Crippen molar-refractivity contribution in [1.82, 2.24) is 10.6 Å². The number of nitrogens with one attached hydrogen (secondary N) is 2. The van der Waals surface area contributed by atoms with Gasteiger partial charge in [-0.3, -0.25) is 4.79 Å². The van der Waals surface area contributed by atoms with E-state index in [4.69, 9.17) is 0 Å². The van der Waals surface area contributed by atoms with E-state index in [-0.39, 0.29) is 17.4 Å². The summed E-state index contributed by atoms with van der Waals surface area (Å²) >= 11 is 0. The molecule has 1 aromatic carbocycles. The normalized spacial score (nSPS) is 19.0. The third-order valence-electron chi connectivity index (χ3n) is 4.97. The van der Waals surface area contributed by atoms with Gasteiger partial charge in [-0.05, 0) is 64.3 Å². The Labute approximate surface area is 128 Å². The van der Waals surface area contributed by atoms with Crippen LogP contribution in [0.4, 0.5) is 0 Å². The average molecular weight is 288 g/mol. The smallest absolute Gasteiger partial charge is 0.226 e. The van der Waals surface area contributed by atoms with Crippen molar-refractivity contribution >= 4 is 5.91 Å². The van der Waals surface area contributed by atoms with Crippen LogP contribution in [0.25, 0.3) is 0 Å². The molecule has 1 saturated heterocycles. The Morgan fingerprint density at radius 2 is 2.00 bits per heavy atom. The van der Waals surface area contributed by atoms with Crippen LogP contribution >= 0.6 is 0 Å². The summed E-state index contributed by atoms with van der Waals surface area (Å²) in [6.07, 6.45) is 2.80. The Morgan fingerprint density at radius 1 is 1.33 bits per heavy atom. The van der Waals surface area contributed by atoms with Crippen molar-refractivity contribution in [2.24, 2.45) is 5.41 Å². The summed E-state index contributed by atoms with van der Waals surface area (Å²) in [6.45, 7) is 10.3. The minimum atomic E-state index is -0.183. The molecule has 0 spiro atoms. The molecule has 0 saturated carbocycles. The van der Waals surface area contributed by atoms with Gasteiger partial charge in [0.25, 0.3) is 0 Å². The Morgan fingerprint density at radius 3 is 2.62 bits per heavy atom. The lowest BCUT2D eigenvalue weighted by molar-refractivity contribution is -0.133. The maximum absolute atomic E-state index is 12.8. The standard InChI is InChI=1S/C18H28N2O/c1-5-18(8-10-19-11-9-18)17(21)20-15(4)16-12-13(2)6-7-14(16)3/h6-7,12,15,19H,5,8-11H2,1-4H3,(H,20,21). The predicted molar refractivity (Wildman–Crippen MR) is 87.3 cm³/mol. The number of benzene rings is 1. The Bertz CT molecular complexity index is 504. The lowest BCUT2D eigenvalue weighted by Crippen LogP contribution is -2.47. The van der Waals surface area contributed by atoms with Gasteiger partial charge in [0, 0.05) is 0 Å². The molecule has 21 heavy (non-hydrogen) atoms. The first kappa shape index (κ1) is 16.0. The summed E-state index contributed by atoms with van der Waals surface area (Å²) in [4.78, 5) is 12.8. The molecule has 3 nitrogen and oxygen atoms in total. The number of rotatable bonds is 4. The number of carbonyl (C=O) groups is 1. The van der Waals surface area contributed by atoms with Crippen LogP contribution in [0.1, 0.15) is 55.8 Å². The lowest BCUT2D eigenvalue weighted by atomic mass is 9.75. The first-order valence-corrected chi connectivity index (χ1v) is 8.07. The molecule has 0 radical (unpaired) electrons. The largest absolute Gasteiger partial charge is 0.349 e. The molecular formula is C18H28N2O. The van der Waals surface area contributed by atoms with Gasteiger partial charge in [-0.25, -0.2) is 0 Å². The zero-order valence-corrected chi connectivity index (χ0v) is 13.8. The van der Waals surface area contributed by atoms with Crippen molar-refractivity contribution in [3.05, 3.63) is 34.9 Å². The van der Waals surface area contributed by atoms with E-state index in [1.807, 2.05) is 0 Å². The van der Waals surface area contributed by atoms with Crippen molar-refractivity contribution < 1.29 is 4.79 Å². The molecular weight excluding hydrogens is 260 g/mol. The second kappa shape index (κ2) is 6.61. The molecule has 1 amide bonds. The Balaban J connectivity index is 2.12.